The van der Waals surface area contributed by atoms with Crippen LogP contribution < -0.4 is 11.1 Å². The van der Waals surface area contributed by atoms with E-state index in [2.05, 4.69) is 24.1 Å². The first-order valence-corrected chi connectivity index (χ1v) is 6.12. The SMILES string of the molecule is CCNC(Cc1ccnc(N)c1)CC(C)OC. The summed E-state index contributed by atoms with van der Waals surface area (Å²) in [7, 11) is 1.75. The van der Waals surface area contributed by atoms with Gasteiger partial charge < -0.3 is 15.8 Å². The van der Waals surface area contributed by atoms with E-state index in [1.165, 1.54) is 5.56 Å². The van der Waals surface area contributed by atoms with Crippen LogP contribution in [-0.4, -0.2) is 30.8 Å². The number of nitrogens with zero attached hydrogens (tertiary/aromatic N) is 1. The summed E-state index contributed by atoms with van der Waals surface area (Å²) < 4.78 is 5.31. The van der Waals surface area contributed by atoms with Crippen LogP contribution in [0.1, 0.15) is 25.8 Å². The van der Waals surface area contributed by atoms with Crippen LogP contribution in [0.15, 0.2) is 18.3 Å². The number of hydrogen-bond donors (Lipinski definition) is 2. The second-order valence-electron chi connectivity index (χ2n) is 4.33. The van der Waals surface area contributed by atoms with Crippen molar-refractivity contribution < 1.29 is 4.74 Å². The Balaban J connectivity index is 2.59. The summed E-state index contributed by atoms with van der Waals surface area (Å²) in [5, 5.41) is 3.47. The molecule has 96 valence electrons. The Morgan fingerprint density at radius 3 is 2.88 bits per heavy atom. The molecule has 0 bridgehead atoms. The molecule has 2 unspecified atom stereocenters. The van der Waals surface area contributed by atoms with Crippen molar-refractivity contribution >= 4 is 5.82 Å². The van der Waals surface area contributed by atoms with Crippen LogP contribution in [0.2, 0.25) is 0 Å². The van der Waals surface area contributed by atoms with Gasteiger partial charge in [0.25, 0.3) is 0 Å². The van der Waals surface area contributed by atoms with Gasteiger partial charge in [-0.3, -0.25) is 0 Å². The molecule has 4 nitrogen and oxygen atoms in total. The van der Waals surface area contributed by atoms with Gasteiger partial charge in [0, 0.05) is 19.3 Å². The van der Waals surface area contributed by atoms with Gasteiger partial charge in [0.15, 0.2) is 0 Å². The molecular weight excluding hydrogens is 214 g/mol. The van der Waals surface area contributed by atoms with Crippen molar-refractivity contribution in [2.75, 3.05) is 19.4 Å². The van der Waals surface area contributed by atoms with Crippen LogP contribution in [0.25, 0.3) is 0 Å². The Labute approximate surface area is 104 Å². The normalized spacial score (nSPS) is 14.5. The summed E-state index contributed by atoms with van der Waals surface area (Å²) >= 11 is 0. The van der Waals surface area contributed by atoms with Crippen molar-refractivity contribution in [2.24, 2.45) is 0 Å². The highest BCUT2D eigenvalue weighted by atomic mass is 16.5. The maximum absolute atomic E-state index is 5.68. The summed E-state index contributed by atoms with van der Waals surface area (Å²) in [6.07, 6.45) is 3.96. The summed E-state index contributed by atoms with van der Waals surface area (Å²) in [6.45, 7) is 5.16. The molecule has 0 saturated carbocycles. The minimum absolute atomic E-state index is 0.262. The van der Waals surface area contributed by atoms with Crippen LogP contribution in [0.3, 0.4) is 0 Å². The van der Waals surface area contributed by atoms with Gasteiger partial charge in [-0.1, -0.05) is 6.92 Å². The monoisotopic (exact) mass is 237 g/mol. The lowest BCUT2D eigenvalue weighted by molar-refractivity contribution is 0.101. The number of nitrogens with two attached hydrogens (primary N) is 1. The van der Waals surface area contributed by atoms with E-state index in [9.17, 15) is 0 Å². The van der Waals surface area contributed by atoms with Gasteiger partial charge in [0.2, 0.25) is 0 Å². The van der Waals surface area contributed by atoms with Crippen LogP contribution >= 0.6 is 0 Å². The third-order valence-electron chi connectivity index (χ3n) is 2.84. The van der Waals surface area contributed by atoms with E-state index in [0.29, 0.717) is 11.9 Å². The lowest BCUT2D eigenvalue weighted by Gasteiger charge is -2.21. The molecule has 0 aromatic carbocycles. The predicted octanol–water partition coefficient (Wildman–Crippen LogP) is 1.61. The Bertz CT molecular complexity index is 330. The highest BCUT2D eigenvalue weighted by Gasteiger charge is 2.12. The Hall–Kier alpha value is -1.13. The van der Waals surface area contributed by atoms with E-state index in [-0.39, 0.29) is 6.10 Å². The number of likely N-dealkylation sites (N-methyl/N-ethyl adjacent to an activating group) is 1. The molecule has 0 aliphatic heterocycles. The summed E-state index contributed by atoms with van der Waals surface area (Å²) in [4.78, 5) is 4.00. The number of pyridine rings is 1. The minimum Gasteiger partial charge on any atom is -0.384 e. The predicted molar refractivity (Wildman–Crippen MR) is 70.9 cm³/mol. The second-order valence-corrected chi connectivity index (χ2v) is 4.33. The molecule has 0 radical (unpaired) electrons. The fourth-order valence-electron chi connectivity index (χ4n) is 1.93. The topological polar surface area (TPSA) is 60.2 Å². The first kappa shape index (κ1) is 13.9. The second kappa shape index (κ2) is 7.25. The van der Waals surface area contributed by atoms with Crippen LogP contribution in [-0.2, 0) is 11.2 Å². The summed E-state index contributed by atoms with van der Waals surface area (Å²) in [5.74, 6) is 0.581. The first-order chi connectivity index (χ1) is 8.15. The molecule has 0 aliphatic rings. The van der Waals surface area contributed by atoms with Crippen molar-refractivity contribution in [1.29, 1.82) is 0 Å². The van der Waals surface area contributed by atoms with E-state index < -0.39 is 0 Å². The van der Waals surface area contributed by atoms with Gasteiger partial charge in [0.05, 0.1) is 6.10 Å². The van der Waals surface area contributed by atoms with Gasteiger partial charge in [-0.05, 0) is 44.0 Å². The van der Waals surface area contributed by atoms with E-state index >= 15 is 0 Å². The third-order valence-corrected chi connectivity index (χ3v) is 2.84. The average Bonchev–Trinajstić information content (AvgIpc) is 2.29. The molecule has 1 aromatic heterocycles. The van der Waals surface area contributed by atoms with E-state index in [1.807, 2.05) is 12.1 Å². The molecular formula is C13H23N3O. The fraction of sp³-hybridized carbons (Fsp3) is 0.615. The number of nitrogens with one attached hydrogen (secondary N) is 1. The maximum Gasteiger partial charge on any atom is 0.123 e. The Morgan fingerprint density at radius 2 is 2.29 bits per heavy atom. The molecule has 4 heteroatoms. The lowest BCUT2D eigenvalue weighted by Crippen LogP contribution is -2.34. The van der Waals surface area contributed by atoms with Crippen molar-refractivity contribution in [2.45, 2.75) is 38.8 Å². The number of methoxy groups -OCH3 is 1. The molecule has 1 rings (SSSR count). The zero-order valence-corrected chi connectivity index (χ0v) is 10.9. The van der Waals surface area contributed by atoms with Gasteiger partial charge in [-0.25, -0.2) is 4.98 Å². The molecule has 0 spiro atoms. The smallest absolute Gasteiger partial charge is 0.123 e. The zero-order chi connectivity index (χ0) is 12.7. The third kappa shape index (κ3) is 5.15. The molecule has 1 heterocycles. The van der Waals surface area contributed by atoms with Crippen LogP contribution in [0.5, 0.6) is 0 Å². The average molecular weight is 237 g/mol. The number of hydrogen-bond acceptors (Lipinski definition) is 4. The van der Waals surface area contributed by atoms with Gasteiger partial charge in [-0.15, -0.1) is 0 Å². The molecule has 0 saturated heterocycles. The van der Waals surface area contributed by atoms with Gasteiger partial charge in [-0.2, -0.15) is 0 Å². The molecule has 17 heavy (non-hydrogen) atoms. The Morgan fingerprint density at radius 1 is 1.53 bits per heavy atom. The Kier molecular flexibility index (Phi) is 5.94. The summed E-state index contributed by atoms with van der Waals surface area (Å²) in [5.41, 5.74) is 6.89. The standard InChI is InChI=1S/C13H23N3O/c1-4-15-12(7-10(2)17-3)8-11-5-6-16-13(14)9-11/h5-6,9-10,12,15H,4,7-8H2,1-3H3,(H2,14,16). The highest BCUT2D eigenvalue weighted by Crippen LogP contribution is 2.10. The van der Waals surface area contributed by atoms with E-state index in [0.717, 1.165) is 19.4 Å². The van der Waals surface area contributed by atoms with Crippen molar-refractivity contribution in [3.05, 3.63) is 23.9 Å². The highest BCUT2D eigenvalue weighted by molar-refractivity contribution is 5.32. The van der Waals surface area contributed by atoms with E-state index in [4.69, 9.17) is 10.5 Å². The number of aromatic nitrogens is 1. The zero-order valence-electron chi connectivity index (χ0n) is 10.9. The quantitative estimate of drug-likeness (QED) is 0.756. The number of nitrogen functional groups attached to an aromatic ring is 1. The van der Waals surface area contributed by atoms with Gasteiger partial charge >= 0.3 is 0 Å². The lowest BCUT2D eigenvalue weighted by atomic mass is 10.0. The fourth-order valence-corrected chi connectivity index (χ4v) is 1.93. The van der Waals surface area contributed by atoms with Crippen LogP contribution in [0.4, 0.5) is 5.82 Å². The van der Waals surface area contributed by atoms with Crippen molar-refractivity contribution in [1.82, 2.24) is 10.3 Å². The molecule has 3 N–H and O–H groups in total. The molecule has 0 fully saturated rings. The number of anilines is 1. The van der Waals surface area contributed by atoms with E-state index in [1.54, 1.807) is 13.3 Å². The largest absolute Gasteiger partial charge is 0.384 e. The molecule has 0 amide bonds. The maximum atomic E-state index is 5.68. The minimum atomic E-state index is 0.262. The van der Waals surface area contributed by atoms with Gasteiger partial charge in [0.1, 0.15) is 5.82 Å². The number of ether oxygens (including phenoxy) is 1. The summed E-state index contributed by atoms with van der Waals surface area (Å²) in [6, 6.07) is 4.36. The van der Waals surface area contributed by atoms with Crippen molar-refractivity contribution in [3.8, 4) is 0 Å². The molecule has 2 atom stereocenters. The molecule has 1 aromatic rings. The van der Waals surface area contributed by atoms with Crippen molar-refractivity contribution in [3.63, 3.8) is 0 Å². The number of rotatable bonds is 7. The first-order valence-electron chi connectivity index (χ1n) is 6.12. The molecule has 0 aliphatic carbocycles. The van der Waals surface area contributed by atoms with Crippen LogP contribution in [0, 0.1) is 0 Å².